The summed E-state index contributed by atoms with van der Waals surface area (Å²) in [4.78, 5) is 0. The van der Waals surface area contributed by atoms with E-state index in [4.69, 9.17) is 0 Å². The Kier molecular flexibility index (Phi) is 7110. The van der Waals surface area contributed by atoms with Gasteiger partial charge in [0.25, 0.3) is 0 Å². The SMILES string of the molecule is C.C.[CH3-].[CH3-].[W]. The fourth-order valence-corrected chi connectivity index (χ4v) is 0. The van der Waals surface area contributed by atoms with Crippen LogP contribution >= 0.6 is 0 Å². The van der Waals surface area contributed by atoms with E-state index in [1.165, 1.54) is 0 Å². The Bertz CT molecular complexity index is 3.61. The van der Waals surface area contributed by atoms with Gasteiger partial charge in [0.15, 0.2) is 0 Å². The van der Waals surface area contributed by atoms with Crippen LogP contribution in [0.2, 0.25) is 0 Å². The van der Waals surface area contributed by atoms with Crippen LogP contribution in [0.3, 0.4) is 0 Å². The van der Waals surface area contributed by atoms with E-state index in [-0.39, 0.29) is 50.8 Å². The molecule has 0 unspecified atom stereocenters. The van der Waals surface area contributed by atoms with Gasteiger partial charge in [0.1, 0.15) is 0 Å². The van der Waals surface area contributed by atoms with E-state index in [9.17, 15) is 0 Å². The summed E-state index contributed by atoms with van der Waals surface area (Å²) in [6.07, 6.45) is 0. The van der Waals surface area contributed by atoms with Crippen molar-refractivity contribution in [2.75, 3.05) is 0 Å². The summed E-state index contributed by atoms with van der Waals surface area (Å²) in [5, 5.41) is 0. The first-order valence-electron chi connectivity index (χ1n) is 0. The van der Waals surface area contributed by atoms with Crippen molar-refractivity contribution >= 4 is 0 Å². The van der Waals surface area contributed by atoms with Crippen LogP contribution in [0.1, 0.15) is 14.9 Å². The fraction of sp³-hybridized carbons (Fsp3) is 0.500. The summed E-state index contributed by atoms with van der Waals surface area (Å²) in [5.74, 6) is 0. The van der Waals surface area contributed by atoms with Crippen molar-refractivity contribution in [3.05, 3.63) is 14.9 Å². The molecule has 0 saturated carbocycles. The van der Waals surface area contributed by atoms with Crippen molar-refractivity contribution in [3.63, 3.8) is 0 Å². The summed E-state index contributed by atoms with van der Waals surface area (Å²) in [5.41, 5.74) is 0. The Morgan fingerprint density at radius 1 is 0.600 bits per heavy atom. The van der Waals surface area contributed by atoms with Gasteiger partial charge in [-0.1, -0.05) is 14.9 Å². The zero-order chi connectivity index (χ0) is 0. The van der Waals surface area contributed by atoms with Gasteiger partial charge in [0, 0.05) is 21.1 Å². The molecular formula is C4H14W-2. The molecule has 5 heavy (non-hydrogen) atoms. The topological polar surface area (TPSA) is 0 Å². The van der Waals surface area contributed by atoms with E-state index in [1.807, 2.05) is 0 Å². The average molecular weight is 246 g/mol. The van der Waals surface area contributed by atoms with E-state index >= 15 is 0 Å². The third-order valence-corrected chi connectivity index (χ3v) is 0. The predicted molar refractivity (Wildman–Crippen MR) is 26.3 cm³/mol. The summed E-state index contributed by atoms with van der Waals surface area (Å²) < 4.78 is 0. The van der Waals surface area contributed by atoms with Gasteiger partial charge in [-0.05, 0) is 0 Å². The normalized spacial score (nSPS) is 0. The summed E-state index contributed by atoms with van der Waals surface area (Å²) in [6.45, 7) is 0. The molecule has 0 aliphatic heterocycles. The zero-order valence-electron chi connectivity index (χ0n) is 2.41. The molecular weight excluding hydrogens is 232 g/mol. The second kappa shape index (κ2) is 135. The van der Waals surface area contributed by atoms with E-state index < -0.39 is 0 Å². The third-order valence-electron chi connectivity index (χ3n) is 0. The molecule has 0 bridgehead atoms. The number of hydrogen-bond acceptors (Lipinski definition) is 0. The minimum atomic E-state index is 0. The van der Waals surface area contributed by atoms with Crippen molar-refractivity contribution in [2.45, 2.75) is 14.9 Å². The monoisotopic (exact) mass is 246 g/mol. The van der Waals surface area contributed by atoms with Gasteiger partial charge in [0.05, 0.1) is 0 Å². The average Bonchev–Trinajstić information content (AvgIpc) is 0. The van der Waals surface area contributed by atoms with Gasteiger partial charge in [-0.25, -0.2) is 0 Å². The van der Waals surface area contributed by atoms with E-state index in [2.05, 4.69) is 0 Å². The molecule has 0 saturated heterocycles. The Morgan fingerprint density at radius 3 is 0.600 bits per heavy atom. The molecule has 0 aliphatic carbocycles. The van der Waals surface area contributed by atoms with Crippen molar-refractivity contribution in [1.82, 2.24) is 0 Å². The van der Waals surface area contributed by atoms with E-state index in [1.54, 1.807) is 0 Å². The van der Waals surface area contributed by atoms with Crippen LogP contribution < -0.4 is 0 Å². The van der Waals surface area contributed by atoms with Gasteiger partial charge in [-0.3, -0.25) is 0 Å². The molecule has 0 aromatic rings. The van der Waals surface area contributed by atoms with Crippen LogP contribution in [0.15, 0.2) is 0 Å². The van der Waals surface area contributed by atoms with Gasteiger partial charge < -0.3 is 14.9 Å². The molecule has 0 heterocycles. The summed E-state index contributed by atoms with van der Waals surface area (Å²) in [7, 11) is 0. The third kappa shape index (κ3) is 71.5. The van der Waals surface area contributed by atoms with E-state index in [0.717, 1.165) is 0 Å². The number of hydrogen-bond donors (Lipinski definition) is 0. The fourth-order valence-electron chi connectivity index (χ4n) is 0. The molecule has 0 fully saturated rings. The second-order valence-electron chi connectivity index (χ2n) is 0. The van der Waals surface area contributed by atoms with Gasteiger partial charge in [-0.2, -0.15) is 0 Å². The zero-order valence-corrected chi connectivity index (χ0v) is 5.34. The van der Waals surface area contributed by atoms with Crippen LogP contribution in [0.25, 0.3) is 0 Å². The molecule has 0 aromatic carbocycles. The minimum absolute atomic E-state index is 0. The molecule has 0 atom stereocenters. The second-order valence-corrected chi connectivity index (χ2v) is 0. The Labute approximate surface area is 51.2 Å². The molecule has 0 aromatic heterocycles. The van der Waals surface area contributed by atoms with Crippen LogP contribution in [0.4, 0.5) is 0 Å². The van der Waals surface area contributed by atoms with Gasteiger partial charge in [-0.15, -0.1) is 0 Å². The quantitative estimate of drug-likeness (QED) is 0.574. The first-order chi connectivity index (χ1) is 0. The Hall–Kier alpha value is 0.688. The molecule has 0 rings (SSSR count). The van der Waals surface area contributed by atoms with E-state index in [0.29, 0.717) is 0 Å². The first kappa shape index (κ1) is 264. The largest absolute Gasteiger partial charge is 0.358 e. The van der Waals surface area contributed by atoms with Crippen LogP contribution in [0, 0.1) is 14.9 Å². The van der Waals surface area contributed by atoms with Crippen molar-refractivity contribution in [1.29, 1.82) is 0 Å². The molecule has 38 valence electrons. The molecule has 0 aliphatic rings. The summed E-state index contributed by atoms with van der Waals surface area (Å²) >= 11 is 0. The van der Waals surface area contributed by atoms with Crippen LogP contribution in [0.5, 0.6) is 0 Å². The molecule has 0 N–H and O–H groups in total. The molecule has 0 amide bonds. The molecule has 0 spiro atoms. The van der Waals surface area contributed by atoms with Crippen molar-refractivity contribution in [2.24, 2.45) is 0 Å². The smallest absolute Gasteiger partial charge is 0 e. The maximum Gasteiger partial charge on any atom is 0 e. The van der Waals surface area contributed by atoms with Crippen molar-refractivity contribution < 1.29 is 21.1 Å². The van der Waals surface area contributed by atoms with Gasteiger partial charge >= 0.3 is 0 Å². The predicted octanol–water partition coefficient (Wildman–Crippen LogP) is 2.17. The standard InChI is InChI=1S/2CH4.2CH3.W/h2*1H4;2*1H3;/q;;2*-1;. The maximum absolute atomic E-state index is 0. The van der Waals surface area contributed by atoms with Crippen LogP contribution in [-0.4, -0.2) is 0 Å². The Balaban J connectivity index is 0. The maximum atomic E-state index is 0. The summed E-state index contributed by atoms with van der Waals surface area (Å²) in [6, 6.07) is 0. The molecule has 1 heteroatoms. The van der Waals surface area contributed by atoms with Crippen LogP contribution in [-0.2, 0) is 21.1 Å². The number of rotatable bonds is 0. The first-order valence-corrected chi connectivity index (χ1v) is 0. The van der Waals surface area contributed by atoms with Crippen molar-refractivity contribution in [3.8, 4) is 0 Å². The minimum Gasteiger partial charge on any atom is -0.358 e. The molecule has 0 radical (unpaired) electrons. The Morgan fingerprint density at radius 2 is 0.600 bits per heavy atom. The van der Waals surface area contributed by atoms with Gasteiger partial charge in [0.2, 0.25) is 0 Å². The molecule has 0 nitrogen and oxygen atoms in total.